The number of halogens is 2. The highest BCUT2D eigenvalue weighted by atomic mass is 35.5. The predicted octanol–water partition coefficient (Wildman–Crippen LogP) is 7.17. The van der Waals surface area contributed by atoms with Gasteiger partial charge in [-0.2, -0.15) is 0 Å². The van der Waals surface area contributed by atoms with Crippen LogP contribution in [0.4, 0.5) is 5.69 Å². The largest absolute Gasteiger partial charge is 0.422 e. The van der Waals surface area contributed by atoms with E-state index in [4.69, 9.17) is 27.6 Å². The Morgan fingerprint density at radius 1 is 0.893 bits per heavy atom. The lowest BCUT2D eigenvalue weighted by atomic mass is 10.1. The van der Waals surface area contributed by atoms with Crippen molar-refractivity contribution in [1.29, 1.82) is 0 Å². The molecule has 5 heteroatoms. The summed E-state index contributed by atoms with van der Waals surface area (Å²) in [6, 6.07) is 13.0. The summed E-state index contributed by atoms with van der Waals surface area (Å²) in [4.78, 5) is 15.0. The first-order valence-electron chi connectivity index (χ1n) is 9.81. The third-order valence-corrected chi connectivity index (χ3v) is 5.42. The second-order valence-corrected chi connectivity index (χ2v) is 7.83. The van der Waals surface area contributed by atoms with E-state index in [1.165, 1.54) is 0 Å². The minimum absolute atomic E-state index is 0.400. The number of anilines is 1. The summed E-state index contributed by atoms with van der Waals surface area (Å²) in [5.74, 6) is 0. The summed E-state index contributed by atoms with van der Waals surface area (Å²) in [5, 5.41) is 1.83. The summed E-state index contributed by atoms with van der Waals surface area (Å²) in [6.07, 6.45) is 4.58. The maximum atomic E-state index is 12.6. The van der Waals surface area contributed by atoms with E-state index in [0.717, 1.165) is 49.8 Å². The number of fused-ring (bicyclic) bond motifs is 1. The van der Waals surface area contributed by atoms with Gasteiger partial charge < -0.3 is 9.32 Å². The fraction of sp³-hybridized carbons (Fsp3) is 0.348. The molecule has 0 amide bonds. The van der Waals surface area contributed by atoms with Crippen LogP contribution in [0, 0.1) is 0 Å². The Morgan fingerprint density at radius 3 is 2.25 bits per heavy atom. The molecular formula is C23H25Cl2NO2. The van der Waals surface area contributed by atoms with E-state index in [2.05, 4.69) is 24.8 Å². The Hall–Kier alpha value is -1.97. The molecule has 0 radical (unpaired) electrons. The van der Waals surface area contributed by atoms with Crippen molar-refractivity contribution in [3.05, 3.63) is 62.9 Å². The van der Waals surface area contributed by atoms with Crippen molar-refractivity contribution in [1.82, 2.24) is 0 Å². The number of hydrogen-bond acceptors (Lipinski definition) is 3. The molecule has 0 fully saturated rings. The summed E-state index contributed by atoms with van der Waals surface area (Å²) in [6.45, 7) is 6.40. The molecule has 0 aliphatic carbocycles. The topological polar surface area (TPSA) is 33.5 Å². The minimum atomic E-state index is -0.400. The lowest BCUT2D eigenvalue weighted by Gasteiger charge is -2.24. The second kappa shape index (κ2) is 9.49. The van der Waals surface area contributed by atoms with Crippen LogP contribution in [-0.2, 0) is 0 Å². The van der Waals surface area contributed by atoms with Crippen LogP contribution in [0.25, 0.3) is 22.1 Å². The van der Waals surface area contributed by atoms with Crippen LogP contribution in [0.5, 0.6) is 0 Å². The van der Waals surface area contributed by atoms with Crippen molar-refractivity contribution in [2.45, 2.75) is 39.5 Å². The maximum Gasteiger partial charge on any atom is 0.344 e. The number of nitrogens with zero attached hydrogens (tertiary/aromatic N) is 1. The zero-order valence-electron chi connectivity index (χ0n) is 16.3. The van der Waals surface area contributed by atoms with Crippen molar-refractivity contribution in [2.75, 3.05) is 18.0 Å². The molecule has 2 aromatic carbocycles. The molecule has 1 heterocycles. The Kier molecular flexibility index (Phi) is 7.03. The zero-order chi connectivity index (χ0) is 20.1. The molecule has 0 aliphatic heterocycles. The number of unbranched alkanes of at least 4 members (excludes halogenated alkanes) is 2. The molecule has 1 aromatic heterocycles. The van der Waals surface area contributed by atoms with Crippen LogP contribution in [0.3, 0.4) is 0 Å². The van der Waals surface area contributed by atoms with Gasteiger partial charge in [0.1, 0.15) is 5.58 Å². The van der Waals surface area contributed by atoms with Crippen molar-refractivity contribution < 1.29 is 4.42 Å². The second-order valence-electron chi connectivity index (χ2n) is 6.99. The number of hydrogen-bond donors (Lipinski definition) is 0. The smallest absolute Gasteiger partial charge is 0.344 e. The molecule has 3 aromatic rings. The predicted molar refractivity (Wildman–Crippen MR) is 120 cm³/mol. The molecule has 0 aliphatic rings. The number of benzene rings is 2. The van der Waals surface area contributed by atoms with Gasteiger partial charge in [0.15, 0.2) is 0 Å². The van der Waals surface area contributed by atoms with E-state index < -0.39 is 5.63 Å². The highest BCUT2D eigenvalue weighted by Gasteiger charge is 2.13. The first-order valence-corrected chi connectivity index (χ1v) is 10.6. The Balaban J connectivity index is 2.00. The number of rotatable bonds is 8. The summed E-state index contributed by atoms with van der Waals surface area (Å²) in [7, 11) is 0. The van der Waals surface area contributed by atoms with Gasteiger partial charge >= 0.3 is 5.63 Å². The molecular weight excluding hydrogens is 393 g/mol. The van der Waals surface area contributed by atoms with Crippen molar-refractivity contribution in [2.24, 2.45) is 0 Å². The highest BCUT2D eigenvalue weighted by Crippen LogP contribution is 2.31. The first kappa shape index (κ1) is 20.8. The van der Waals surface area contributed by atoms with Gasteiger partial charge in [-0.15, -0.1) is 0 Å². The molecule has 0 unspecified atom stereocenters. The molecule has 0 saturated heterocycles. The van der Waals surface area contributed by atoms with Gasteiger partial charge in [0, 0.05) is 40.8 Å². The Morgan fingerprint density at radius 2 is 1.61 bits per heavy atom. The third kappa shape index (κ3) is 4.71. The van der Waals surface area contributed by atoms with Gasteiger partial charge in [-0.3, -0.25) is 0 Å². The van der Waals surface area contributed by atoms with Gasteiger partial charge in [-0.05, 0) is 43.2 Å². The first-order chi connectivity index (χ1) is 13.5. The lowest BCUT2D eigenvalue weighted by Crippen LogP contribution is -2.25. The SMILES string of the molecule is CCCCN(CCCC)c1ccc2cc(-c3ccc(Cl)cc3Cl)c(=O)oc2c1. The van der Waals surface area contributed by atoms with Crippen LogP contribution in [-0.4, -0.2) is 13.1 Å². The van der Waals surface area contributed by atoms with Gasteiger partial charge in [0.2, 0.25) is 0 Å². The molecule has 3 nitrogen and oxygen atoms in total. The summed E-state index contributed by atoms with van der Waals surface area (Å²) >= 11 is 12.2. The fourth-order valence-electron chi connectivity index (χ4n) is 3.26. The standard InChI is InChI=1S/C23H25Cl2NO2/c1-3-5-11-26(12-6-4-2)18-9-7-16-13-20(23(27)28-22(16)15-18)19-10-8-17(24)14-21(19)25/h7-10,13-15H,3-6,11-12H2,1-2H3. The average molecular weight is 418 g/mol. The van der Waals surface area contributed by atoms with Gasteiger partial charge in [0.05, 0.1) is 10.6 Å². The maximum absolute atomic E-state index is 12.6. The van der Waals surface area contributed by atoms with Gasteiger partial charge in [-0.25, -0.2) is 4.79 Å². The molecule has 0 bridgehead atoms. The van der Waals surface area contributed by atoms with Crippen LogP contribution in [0.15, 0.2) is 51.7 Å². The highest BCUT2D eigenvalue weighted by molar-refractivity contribution is 6.36. The Labute approximate surface area is 175 Å². The zero-order valence-corrected chi connectivity index (χ0v) is 17.8. The van der Waals surface area contributed by atoms with Gasteiger partial charge in [0.25, 0.3) is 0 Å². The molecule has 0 atom stereocenters. The fourth-order valence-corrected chi connectivity index (χ4v) is 3.77. The van der Waals surface area contributed by atoms with Crippen LogP contribution < -0.4 is 10.5 Å². The van der Waals surface area contributed by atoms with Crippen LogP contribution >= 0.6 is 23.2 Å². The normalized spacial score (nSPS) is 11.1. The minimum Gasteiger partial charge on any atom is -0.422 e. The van der Waals surface area contributed by atoms with E-state index >= 15 is 0 Å². The van der Waals surface area contributed by atoms with Gasteiger partial charge in [-0.1, -0.05) is 56.0 Å². The van der Waals surface area contributed by atoms with Crippen molar-refractivity contribution in [3.8, 4) is 11.1 Å². The van der Waals surface area contributed by atoms with E-state index in [0.29, 0.717) is 26.8 Å². The third-order valence-electron chi connectivity index (χ3n) is 4.87. The quantitative estimate of drug-likeness (QED) is 0.364. The monoisotopic (exact) mass is 417 g/mol. The van der Waals surface area contributed by atoms with Crippen molar-refractivity contribution >= 4 is 39.9 Å². The molecule has 3 rings (SSSR count). The molecule has 0 saturated carbocycles. The molecule has 148 valence electrons. The van der Waals surface area contributed by atoms with E-state index in [9.17, 15) is 4.79 Å². The van der Waals surface area contributed by atoms with Crippen LogP contribution in [0.2, 0.25) is 10.0 Å². The lowest BCUT2D eigenvalue weighted by molar-refractivity contribution is 0.563. The molecule has 0 N–H and O–H groups in total. The molecule has 28 heavy (non-hydrogen) atoms. The van der Waals surface area contributed by atoms with Crippen LogP contribution in [0.1, 0.15) is 39.5 Å². The van der Waals surface area contributed by atoms with E-state index in [1.807, 2.05) is 18.2 Å². The van der Waals surface area contributed by atoms with Crippen molar-refractivity contribution in [3.63, 3.8) is 0 Å². The average Bonchev–Trinajstić information content (AvgIpc) is 2.67. The Bertz CT molecular complexity index is 1010. The van der Waals surface area contributed by atoms with E-state index in [-0.39, 0.29) is 0 Å². The molecule has 0 spiro atoms. The van der Waals surface area contributed by atoms with E-state index in [1.54, 1.807) is 18.2 Å². The summed E-state index contributed by atoms with van der Waals surface area (Å²) in [5.41, 5.74) is 2.35. The summed E-state index contributed by atoms with van der Waals surface area (Å²) < 4.78 is 5.66.